The average molecular weight is 323 g/mol. The molecular formula is C16H25N3O2S. The fourth-order valence-corrected chi connectivity index (χ4v) is 3.17. The van der Waals surface area contributed by atoms with Crippen LogP contribution in [-0.4, -0.2) is 16.7 Å². The number of anilines is 1. The van der Waals surface area contributed by atoms with Crippen LogP contribution in [0.1, 0.15) is 57.4 Å². The van der Waals surface area contributed by atoms with Gasteiger partial charge in [0.15, 0.2) is 0 Å². The normalized spacial score (nSPS) is 16.6. The first-order valence-corrected chi connectivity index (χ1v) is 9.12. The smallest absolute Gasteiger partial charge is 0.245 e. The van der Waals surface area contributed by atoms with Gasteiger partial charge in [-0.15, -0.1) is 0 Å². The topological polar surface area (TPSA) is 76.7 Å². The van der Waals surface area contributed by atoms with Crippen molar-refractivity contribution < 1.29 is 8.95 Å². The van der Waals surface area contributed by atoms with Gasteiger partial charge in [0, 0.05) is 0 Å². The highest BCUT2D eigenvalue weighted by Gasteiger charge is 2.19. The van der Waals surface area contributed by atoms with E-state index in [9.17, 15) is 4.21 Å². The second-order valence-electron chi connectivity index (χ2n) is 5.48. The zero-order valence-corrected chi connectivity index (χ0v) is 14.0. The largest absolute Gasteiger partial charge is 0.493 e. The molecule has 0 bridgehead atoms. The van der Waals surface area contributed by atoms with Crippen molar-refractivity contribution in [1.82, 2.24) is 0 Å². The molecule has 0 amide bonds. The van der Waals surface area contributed by atoms with Crippen LogP contribution in [0, 0.1) is 0 Å². The van der Waals surface area contributed by atoms with E-state index in [1.807, 2.05) is 18.2 Å². The zero-order chi connectivity index (χ0) is 15.8. The molecule has 22 heavy (non-hydrogen) atoms. The van der Waals surface area contributed by atoms with Gasteiger partial charge in [-0.2, -0.15) is 4.40 Å². The Kier molecular flexibility index (Phi) is 6.71. The molecule has 2 rings (SSSR count). The van der Waals surface area contributed by atoms with Gasteiger partial charge in [0.05, 0.1) is 17.9 Å². The molecule has 0 saturated carbocycles. The van der Waals surface area contributed by atoms with Gasteiger partial charge >= 0.3 is 0 Å². The molecule has 0 spiro atoms. The van der Waals surface area contributed by atoms with E-state index < -0.39 is 11.2 Å². The zero-order valence-electron chi connectivity index (χ0n) is 13.1. The Bertz CT molecular complexity index is 546. The molecule has 1 aromatic carbocycles. The van der Waals surface area contributed by atoms with Crippen LogP contribution in [0.5, 0.6) is 5.75 Å². The van der Waals surface area contributed by atoms with Gasteiger partial charge in [-0.25, -0.2) is 4.21 Å². The molecule has 0 aliphatic carbocycles. The van der Waals surface area contributed by atoms with Crippen molar-refractivity contribution >= 4 is 22.7 Å². The predicted octanol–water partition coefficient (Wildman–Crippen LogP) is 3.53. The standard InChI is InChI=1S/C16H25N3O2S/c1-2-3-4-5-6-7-8-12-21-14-11-9-10-13-15(14)16(17)19-22(20)18-13/h9-11,18H,2-8,12H2,1H3,(H2,17,19). The second-order valence-corrected chi connectivity index (χ2v) is 6.36. The van der Waals surface area contributed by atoms with Gasteiger partial charge in [0.2, 0.25) is 11.2 Å². The summed E-state index contributed by atoms with van der Waals surface area (Å²) in [5, 5.41) is 0. The van der Waals surface area contributed by atoms with Gasteiger partial charge < -0.3 is 10.5 Å². The molecular weight excluding hydrogens is 298 g/mol. The molecule has 1 unspecified atom stereocenters. The number of benzene rings is 1. The maximum Gasteiger partial charge on any atom is 0.245 e. The van der Waals surface area contributed by atoms with E-state index in [0.29, 0.717) is 23.6 Å². The highest BCUT2D eigenvalue weighted by molar-refractivity contribution is 7.85. The first kappa shape index (κ1) is 16.8. The third kappa shape index (κ3) is 4.73. The highest BCUT2D eigenvalue weighted by Crippen LogP contribution is 2.29. The number of hydrogen-bond acceptors (Lipinski definition) is 3. The lowest BCUT2D eigenvalue weighted by Crippen LogP contribution is -2.24. The van der Waals surface area contributed by atoms with Crippen LogP contribution in [-0.2, 0) is 11.2 Å². The van der Waals surface area contributed by atoms with Crippen molar-refractivity contribution in [3.05, 3.63) is 23.8 Å². The van der Waals surface area contributed by atoms with Crippen LogP contribution in [0.15, 0.2) is 22.6 Å². The van der Waals surface area contributed by atoms with Crippen LogP contribution in [0.2, 0.25) is 0 Å². The van der Waals surface area contributed by atoms with Crippen molar-refractivity contribution in [2.75, 3.05) is 11.3 Å². The summed E-state index contributed by atoms with van der Waals surface area (Å²) in [6.07, 6.45) is 8.74. The van der Waals surface area contributed by atoms with Crippen LogP contribution in [0.25, 0.3) is 0 Å². The third-order valence-electron chi connectivity index (χ3n) is 3.67. The lowest BCUT2D eigenvalue weighted by molar-refractivity contribution is 0.304. The van der Waals surface area contributed by atoms with Gasteiger partial charge in [-0.05, 0) is 18.6 Å². The lowest BCUT2D eigenvalue weighted by Gasteiger charge is -2.18. The number of nitrogens with two attached hydrogens (primary N) is 1. The minimum atomic E-state index is -1.50. The Hall–Kier alpha value is -1.56. The SMILES string of the molecule is CCCCCCCCCOc1cccc2c1C(N)=NS(=O)N2. The molecule has 1 heterocycles. The third-order valence-corrected chi connectivity index (χ3v) is 4.42. The Morgan fingerprint density at radius 1 is 1.18 bits per heavy atom. The molecule has 1 aromatic rings. The van der Waals surface area contributed by atoms with Gasteiger partial charge in [-0.3, -0.25) is 4.72 Å². The summed E-state index contributed by atoms with van der Waals surface area (Å²) in [5.74, 6) is 0.969. The summed E-state index contributed by atoms with van der Waals surface area (Å²) in [6.45, 7) is 2.90. The first-order chi connectivity index (χ1) is 10.7. The van der Waals surface area contributed by atoms with Crippen molar-refractivity contribution in [3.63, 3.8) is 0 Å². The average Bonchev–Trinajstić information content (AvgIpc) is 2.49. The number of nitrogens with zero attached hydrogens (tertiary/aromatic N) is 1. The first-order valence-electron chi connectivity index (χ1n) is 8.01. The summed E-state index contributed by atoms with van der Waals surface area (Å²) in [5.41, 5.74) is 7.30. The maximum atomic E-state index is 11.4. The monoisotopic (exact) mass is 323 g/mol. The van der Waals surface area contributed by atoms with Crippen molar-refractivity contribution in [2.24, 2.45) is 10.1 Å². The molecule has 3 N–H and O–H groups in total. The molecule has 122 valence electrons. The highest BCUT2D eigenvalue weighted by atomic mass is 32.2. The Morgan fingerprint density at radius 2 is 1.91 bits per heavy atom. The molecule has 1 aliphatic rings. The van der Waals surface area contributed by atoms with Gasteiger partial charge in [0.1, 0.15) is 11.6 Å². The fraction of sp³-hybridized carbons (Fsp3) is 0.562. The van der Waals surface area contributed by atoms with Crippen molar-refractivity contribution in [1.29, 1.82) is 0 Å². The number of unbranched alkanes of at least 4 members (excludes halogenated alkanes) is 6. The van der Waals surface area contributed by atoms with E-state index in [-0.39, 0.29) is 5.84 Å². The molecule has 0 aromatic heterocycles. The maximum absolute atomic E-state index is 11.4. The van der Waals surface area contributed by atoms with Crippen molar-refractivity contribution in [2.45, 2.75) is 51.9 Å². The van der Waals surface area contributed by atoms with E-state index in [1.54, 1.807) is 0 Å². The summed E-state index contributed by atoms with van der Waals surface area (Å²) in [6, 6.07) is 5.56. The van der Waals surface area contributed by atoms with Crippen molar-refractivity contribution in [3.8, 4) is 5.75 Å². The Labute approximate surface area is 135 Å². The minimum absolute atomic E-state index is 0.266. The molecule has 1 aliphatic heterocycles. The molecule has 0 radical (unpaired) electrons. The minimum Gasteiger partial charge on any atom is -0.493 e. The Balaban J connectivity index is 1.79. The lowest BCUT2D eigenvalue weighted by atomic mass is 10.1. The molecule has 0 fully saturated rings. The number of amidine groups is 1. The van der Waals surface area contributed by atoms with Gasteiger partial charge in [0.25, 0.3) is 0 Å². The van der Waals surface area contributed by atoms with Gasteiger partial charge in [-0.1, -0.05) is 51.5 Å². The van der Waals surface area contributed by atoms with Crippen LogP contribution < -0.4 is 15.2 Å². The number of fused-ring (bicyclic) bond motifs is 1. The number of nitrogens with one attached hydrogen (secondary N) is 1. The Morgan fingerprint density at radius 3 is 2.68 bits per heavy atom. The summed E-state index contributed by atoms with van der Waals surface area (Å²) in [7, 11) is 0. The van der Waals surface area contributed by atoms with E-state index in [1.165, 1.54) is 38.5 Å². The summed E-state index contributed by atoms with van der Waals surface area (Å²) < 4.78 is 23.9. The predicted molar refractivity (Wildman–Crippen MR) is 92.4 cm³/mol. The van der Waals surface area contributed by atoms with Crippen LogP contribution >= 0.6 is 0 Å². The van der Waals surface area contributed by atoms with Crippen LogP contribution in [0.3, 0.4) is 0 Å². The van der Waals surface area contributed by atoms with E-state index in [4.69, 9.17) is 10.5 Å². The second kappa shape index (κ2) is 8.78. The summed E-state index contributed by atoms with van der Waals surface area (Å²) in [4.78, 5) is 0. The molecule has 0 saturated heterocycles. The van der Waals surface area contributed by atoms with Crippen LogP contribution in [0.4, 0.5) is 5.69 Å². The number of ether oxygens (including phenoxy) is 1. The summed E-state index contributed by atoms with van der Waals surface area (Å²) >= 11 is -1.50. The van der Waals surface area contributed by atoms with E-state index >= 15 is 0 Å². The number of hydrogen-bond donors (Lipinski definition) is 2. The molecule has 6 heteroatoms. The van der Waals surface area contributed by atoms with E-state index in [0.717, 1.165) is 6.42 Å². The molecule has 1 atom stereocenters. The number of rotatable bonds is 9. The quantitative estimate of drug-likeness (QED) is 0.683. The molecule has 5 nitrogen and oxygen atoms in total. The fourth-order valence-electron chi connectivity index (χ4n) is 2.49. The van der Waals surface area contributed by atoms with E-state index in [2.05, 4.69) is 16.0 Å².